The van der Waals surface area contributed by atoms with Gasteiger partial charge in [0.05, 0.1) is 5.56 Å². The van der Waals surface area contributed by atoms with E-state index < -0.39 is 5.91 Å². The third-order valence-electron chi connectivity index (χ3n) is 3.89. The highest BCUT2D eigenvalue weighted by atomic mass is 16.1. The van der Waals surface area contributed by atoms with E-state index in [1.54, 1.807) is 18.3 Å². The lowest BCUT2D eigenvalue weighted by Gasteiger charge is -2.39. The molecule has 0 aliphatic heterocycles. The first-order valence-corrected chi connectivity index (χ1v) is 6.52. The summed E-state index contributed by atoms with van der Waals surface area (Å²) in [4.78, 5) is 15.6. The van der Waals surface area contributed by atoms with E-state index in [0.29, 0.717) is 17.4 Å². The van der Waals surface area contributed by atoms with Gasteiger partial charge in [0.15, 0.2) is 0 Å². The molecule has 4 heteroatoms. The number of primary amides is 1. The third kappa shape index (κ3) is 2.63. The third-order valence-corrected chi connectivity index (χ3v) is 3.89. The number of hydrogen-bond acceptors (Lipinski definition) is 3. The molecule has 0 saturated heterocycles. The molecule has 18 heavy (non-hydrogen) atoms. The van der Waals surface area contributed by atoms with Gasteiger partial charge in [0.1, 0.15) is 5.82 Å². The quantitative estimate of drug-likeness (QED) is 0.862. The van der Waals surface area contributed by atoms with E-state index in [9.17, 15) is 4.79 Å². The molecule has 0 radical (unpaired) electrons. The first-order chi connectivity index (χ1) is 8.50. The molecule has 0 bridgehead atoms. The molecule has 1 aliphatic rings. The topological polar surface area (TPSA) is 68.0 Å². The van der Waals surface area contributed by atoms with Gasteiger partial charge in [-0.25, -0.2) is 4.98 Å². The molecule has 3 N–H and O–H groups in total. The fraction of sp³-hybridized carbons (Fsp3) is 0.571. The molecule has 0 aromatic carbocycles. The fourth-order valence-corrected chi connectivity index (χ4v) is 2.65. The van der Waals surface area contributed by atoms with Crippen molar-refractivity contribution in [1.82, 2.24) is 4.98 Å². The summed E-state index contributed by atoms with van der Waals surface area (Å²) in [7, 11) is 0. The molecule has 1 amide bonds. The zero-order valence-electron chi connectivity index (χ0n) is 11.1. The van der Waals surface area contributed by atoms with Crippen LogP contribution in [0.4, 0.5) is 5.82 Å². The average molecular weight is 247 g/mol. The minimum Gasteiger partial charge on any atom is -0.366 e. The van der Waals surface area contributed by atoms with Crippen LogP contribution in [0.5, 0.6) is 0 Å². The molecule has 1 atom stereocenters. The van der Waals surface area contributed by atoms with Gasteiger partial charge in [-0.3, -0.25) is 4.79 Å². The standard InChI is InChI=1S/C14H21N3O/c1-14(2)8-4-3-7-11(14)17-13-10(12(15)18)6-5-9-16-13/h5-6,9,11H,3-4,7-8H2,1-2H3,(H2,15,18)(H,16,17). The minimum atomic E-state index is -0.431. The monoisotopic (exact) mass is 247 g/mol. The van der Waals surface area contributed by atoms with E-state index in [1.807, 2.05) is 0 Å². The molecule has 1 aromatic rings. The Kier molecular flexibility index (Phi) is 3.55. The number of pyridine rings is 1. The summed E-state index contributed by atoms with van der Waals surface area (Å²) < 4.78 is 0. The molecule has 1 aliphatic carbocycles. The van der Waals surface area contributed by atoms with Crippen LogP contribution in [0.25, 0.3) is 0 Å². The molecular formula is C14H21N3O. The Bertz CT molecular complexity index is 442. The van der Waals surface area contributed by atoms with Crippen molar-refractivity contribution in [2.24, 2.45) is 11.1 Å². The van der Waals surface area contributed by atoms with Gasteiger partial charge in [-0.1, -0.05) is 26.7 Å². The predicted octanol–water partition coefficient (Wildman–Crippen LogP) is 2.56. The number of amides is 1. The van der Waals surface area contributed by atoms with Gasteiger partial charge < -0.3 is 11.1 Å². The summed E-state index contributed by atoms with van der Waals surface area (Å²) >= 11 is 0. The molecule has 0 spiro atoms. The van der Waals surface area contributed by atoms with Crippen LogP contribution in [-0.2, 0) is 0 Å². The van der Waals surface area contributed by atoms with Crippen LogP contribution in [0.3, 0.4) is 0 Å². The number of carbonyl (C=O) groups excluding carboxylic acids is 1. The van der Waals surface area contributed by atoms with Gasteiger partial charge >= 0.3 is 0 Å². The van der Waals surface area contributed by atoms with Crippen molar-refractivity contribution in [1.29, 1.82) is 0 Å². The van der Waals surface area contributed by atoms with Crippen LogP contribution >= 0.6 is 0 Å². The highest BCUT2D eigenvalue weighted by Crippen LogP contribution is 2.37. The molecule has 1 fully saturated rings. The number of rotatable bonds is 3. The van der Waals surface area contributed by atoms with Crippen molar-refractivity contribution in [2.45, 2.75) is 45.6 Å². The summed E-state index contributed by atoms with van der Waals surface area (Å²) in [5.74, 6) is 0.184. The van der Waals surface area contributed by atoms with Crippen molar-refractivity contribution in [3.05, 3.63) is 23.9 Å². The average Bonchev–Trinajstić information content (AvgIpc) is 2.32. The van der Waals surface area contributed by atoms with Gasteiger partial charge in [0.2, 0.25) is 0 Å². The van der Waals surface area contributed by atoms with Crippen molar-refractivity contribution in [3.63, 3.8) is 0 Å². The van der Waals surface area contributed by atoms with Crippen LogP contribution in [0, 0.1) is 5.41 Å². The maximum absolute atomic E-state index is 11.4. The Morgan fingerprint density at radius 2 is 2.28 bits per heavy atom. The van der Waals surface area contributed by atoms with Crippen molar-refractivity contribution in [2.75, 3.05) is 5.32 Å². The summed E-state index contributed by atoms with van der Waals surface area (Å²) in [6.45, 7) is 4.52. The van der Waals surface area contributed by atoms with Crippen molar-refractivity contribution in [3.8, 4) is 0 Å². The molecule has 1 aromatic heterocycles. The highest BCUT2D eigenvalue weighted by molar-refractivity contribution is 5.97. The zero-order valence-corrected chi connectivity index (χ0v) is 11.1. The summed E-state index contributed by atoms with van der Waals surface area (Å²) in [6.07, 6.45) is 6.49. The lowest BCUT2D eigenvalue weighted by atomic mass is 9.73. The molecular weight excluding hydrogens is 226 g/mol. The van der Waals surface area contributed by atoms with Crippen LogP contribution < -0.4 is 11.1 Å². The first-order valence-electron chi connectivity index (χ1n) is 6.52. The smallest absolute Gasteiger partial charge is 0.252 e. The predicted molar refractivity (Wildman–Crippen MR) is 72.4 cm³/mol. The molecule has 2 rings (SSSR count). The van der Waals surface area contributed by atoms with Crippen molar-refractivity contribution >= 4 is 11.7 Å². The number of carbonyl (C=O) groups is 1. The van der Waals surface area contributed by atoms with Crippen LogP contribution in [0.15, 0.2) is 18.3 Å². The van der Waals surface area contributed by atoms with Crippen molar-refractivity contribution < 1.29 is 4.79 Å². The van der Waals surface area contributed by atoms with Gasteiger partial charge in [0.25, 0.3) is 5.91 Å². The lowest BCUT2D eigenvalue weighted by Crippen LogP contribution is -2.39. The SMILES string of the molecule is CC1(C)CCCCC1Nc1ncccc1C(N)=O. The first kappa shape index (κ1) is 12.9. The van der Waals surface area contributed by atoms with E-state index >= 15 is 0 Å². The Balaban J connectivity index is 2.21. The number of nitrogens with two attached hydrogens (primary N) is 1. The Morgan fingerprint density at radius 1 is 1.50 bits per heavy atom. The number of nitrogens with one attached hydrogen (secondary N) is 1. The number of nitrogens with zero attached hydrogens (tertiary/aromatic N) is 1. The van der Waals surface area contributed by atoms with E-state index in [4.69, 9.17) is 5.73 Å². The maximum Gasteiger partial charge on any atom is 0.252 e. The van der Waals surface area contributed by atoms with Crippen LogP contribution in [0.1, 0.15) is 49.9 Å². The van der Waals surface area contributed by atoms with Gasteiger partial charge in [-0.05, 0) is 30.4 Å². The van der Waals surface area contributed by atoms with E-state index in [0.717, 1.165) is 6.42 Å². The lowest BCUT2D eigenvalue weighted by molar-refractivity contribution is 0.100. The largest absolute Gasteiger partial charge is 0.366 e. The Hall–Kier alpha value is -1.58. The maximum atomic E-state index is 11.4. The van der Waals surface area contributed by atoms with Crippen LogP contribution in [-0.4, -0.2) is 16.9 Å². The Labute approximate surface area is 108 Å². The summed E-state index contributed by atoms with van der Waals surface area (Å²) in [6, 6.07) is 3.80. The highest BCUT2D eigenvalue weighted by Gasteiger charge is 2.32. The molecule has 1 saturated carbocycles. The molecule has 1 unspecified atom stereocenters. The minimum absolute atomic E-state index is 0.227. The molecule has 1 heterocycles. The zero-order chi connectivity index (χ0) is 13.2. The number of aromatic nitrogens is 1. The summed E-state index contributed by atoms with van der Waals surface area (Å²) in [5, 5.41) is 3.41. The Morgan fingerprint density at radius 3 is 2.94 bits per heavy atom. The van der Waals surface area contributed by atoms with E-state index in [2.05, 4.69) is 24.1 Å². The van der Waals surface area contributed by atoms with Gasteiger partial charge in [0, 0.05) is 12.2 Å². The summed E-state index contributed by atoms with van der Waals surface area (Å²) in [5.41, 5.74) is 6.07. The second-order valence-corrected chi connectivity index (χ2v) is 5.70. The second kappa shape index (κ2) is 4.96. The van der Waals surface area contributed by atoms with Crippen LogP contribution in [0.2, 0.25) is 0 Å². The van der Waals surface area contributed by atoms with E-state index in [1.165, 1.54) is 19.3 Å². The normalized spacial score (nSPS) is 22.4. The molecule has 4 nitrogen and oxygen atoms in total. The fourth-order valence-electron chi connectivity index (χ4n) is 2.65. The second-order valence-electron chi connectivity index (χ2n) is 5.70. The van der Waals surface area contributed by atoms with Gasteiger partial charge in [-0.2, -0.15) is 0 Å². The van der Waals surface area contributed by atoms with E-state index in [-0.39, 0.29) is 5.41 Å². The number of anilines is 1. The van der Waals surface area contributed by atoms with Gasteiger partial charge in [-0.15, -0.1) is 0 Å². The number of hydrogen-bond donors (Lipinski definition) is 2. The molecule has 98 valence electrons.